The maximum atomic E-state index is 12.6. The molecule has 0 unspecified atom stereocenters. The number of ether oxygens (including phenoxy) is 1. The van der Waals surface area contributed by atoms with Gasteiger partial charge in [0.15, 0.2) is 15.0 Å². The molecule has 0 spiro atoms. The van der Waals surface area contributed by atoms with Crippen LogP contribution in [0, 0.1) is 5.92 Å². The van der Waals surface area contributed by atoms with Crippen molar-refractivity contribution in [2.45, 2.75) is 56.4 Å². The minimum absolute atomic E-state index is 0.0421. The van der Waals surface area contributed by atoms with Crippen LogP contribution in [0.3, 0.4) is 0 Å². The van der Waals surface area contributed by atoms with Crippen LogP contribution in [0.5, 0.6) is 5.75 Å². The van der Waals surface area contributed by atoms with Crippen molar-refractivity contribution in [1.82, 2.24) is 4.90 Å². The molecule has 1 amide bonds. The number of sulfone groups is 1. The molecular weight excluding hydrogens is 408 g/mol. The van der Waals surface area contributed by atoms with E-state index >= 15 is 0 Å². The fourth-order valence-electron chi connectivity index (χ4n) is 4.54. The van der Waals surface area contributed by atoms with E-state index < -0.39 is 9.84 Å². The molecule has 1 aromatic carbocycles. The first-order valence-electron chi connectivity index (χ1n) is 10.3. The second-order valence-electron chi connectivity index (χ2n) is 8.27. The van der Waals surface area contributed by atoms with Crippen LogP contribution in [0.15, 0.2) is 29.3 Å². The lowest BCUT2D eigenvalue weighted by Crippen LogP contribution is -2.37. The number of amidine groups is 1. The molecule has 2 heterocycles. The van der Waals surface area contributed by atoms with Crippen LogP contribution in [0.4, 0.5) is 0 Å². The highest BCUT2D eigenvalue weighted by molar-refractivity contribution is 8.15. The van der Waals surface area contributed by atoms with Crippen LogP contribution in [0.2, 0.25) is 0 Å². The van der Waals surface area contributed by atoms with Crippen molar-refractivity contribution in [2.75, 3.05) is 18.6 Å². The number of methoxy groups -OCH3 is 1. The van der Waals surface area contributed by atoms with Gasteiger partial charge in [-0.1, -0.05) is 43.2 Å². The van der Waals surface area contributed by atoms with Crippen LogP contribution < -0.4 is 4.74 Å². The molecule has 29 heavy (non-hydrogen) atoms. The molecule has 1 aliphatic carbocycles. The van der Waals surface area contributed by atoms with Crippen LogP contribution in [-0.2, 0) is 21.2 Å². The number of fused-ring (bicyclic) bond motifs is 1. The van der Waals surface area contributed by atoms with Crippen LogP contribution in [0.25, 0.3) is 0 Å². The molecule has 3 aliphatic rings. The summed E-state index contributed by atoms with van der Waals surface area (Å²) in [5.41, 5.74) is 1.05. The summed E-state index contributed by atoms with van der Waals surface area (Å²) >= 11 is 1.46. The van der Waals surface area contributed by atoms with Crippen molar-refractivity contribution in [3.63, 3.8) is 0 Å². The molecule has 4 rings (SSSR count). The van der Waals surface area contributed by atoms with E-state index in [4.69, 9.17) is 4.74 Å². The quantitative estimate of drug-likeness (QED) is 0.705. The van der Waals surface area contributed by atoms with Gasteiger partial charge in [-0.25, -0.2) is 8.42 Å². The topological polar surface area (TPSA) is 76.0 Å². The number of carbonyl (C=O) groups is 1. The molecule has 158 valence electrons. The minimum atomic E-state index is -3.04. The van der Waals surface area contributed by atoms with Gasteiger partial charge in [0.2, 0.25) is 5.91 Å². The first-order chi connectivity index (χ1) is 13.9. The van der Waals surface area contributed by atoms with Gasteiger partial charge in [0.25, 0.3) is 0 Å². The van der Waals surface area contributed by atoms with E-state index in [9.17, 15) is 13.2 Å². The number of hydrogen-bond donors (Lipinski definition) is 0. The molecule has 0 bridgehead atoms. The first-order valence-corrected chi connectivity index (χ1v) is 13.0. The maximum Gasteiger partial charge on any atom is 0.248 e. The lowest BCUT2D eigenvalue weighted by atomic mass is 9.87. The van der Waals surface area contributed by atoms with Crippen LogP contribution in [0.1, 0.15) is 44.1 Å². The van der Waals surface area contributed by atoms with Gasteiger partial charge in [-0.15, -0.1) is 0 Å². The summed E-state index contributed by atoms with van der Waals surface area (Å²) in [7, 11) is -1.41. The van der Waals surface area contributed by atoms with Gasteiger partial charge in [0, 0.05) is 18.2 Å². The molecule has 8 heteroatoms. The zero-order valence-electron chi connectivity index (χ0n) is 16.7. The minimum Gasteiger partial charge on any atom is -0.497 e. The summed E-state index contributed by atoms with van der Waals surface area (Å²) in [5.74, 6) is 1.46. The van der Waals surface area contributed by atoms with Gasteiger partial charge in [-0.3, -0.25) is 4.79 Å². The Morgan fingerprint density at radius 3 is 2.59 bits per heavy atom. The number of amides is 1. The fraction of sp³-hybridized carbons (Fsp3) is 0.619. The Balaban J connectivity index is 1.51. The lowest BCUT2D eigenvalue weighted by Gasteiger charge is -2.25. The molecule has 0 aromatic heterocycles. The van der Waals surface area contributed by atoms with Gasteiger partial charge in [-0.05, 0) is 36.5 Å². The third kappa shape index (κ3) is 4.97. The van der Waals surface area contributed by atoms with Gasteiger partial charge in [0.05, 0.1) is 24.7 Å². The predicted molar refractivity (Wildman–Crippen MR) is 116 cm³/mol. The Hall–Kier alpha value is -1.54. The lowest BCUT2D eigenvalue weighted by molar-refractivity contribution is -0.118. The summed E-state index contributed by atoms with van der Waals surface area (Å²) in [6.45, 7) is 0.545. The molecule has 6 nitrogen and oxygen atoms in total. The number of aliphatic imine (C=N–C) groups is 1. The van der Waals surface area contributed by atoms with Crippen LogP contribution >= 0.6 is 11.8 Å². The Bertz CT molecular complexity index is 876. The second kappa shape index (κ2) is 8.68. The largest absolute Gasteiger partial charge is 0.497 e. The predicted octanol–water partition coefficient (Wildman–Crippen LogP) is 3.26. The molecule has 2 aliphatic heterocycles. The zero-order valence-corrected chi connectivity index (χ0v) is 18.4. The Morgan fingerprint density at radius 2 is 1.90 bits per heavy atom. The SMILES string of the molecule is COc1ccc(CN2C(=NC(=O)CC3CCCCC3)S[C@@H]3CS(=O)(=O)C[C@@H]32)cc1. The van der Waals surface area contributed by atoms with Crippen molar-refractivity contribution >= 4 is 32.7 Å². The molecule has 2 atom stereocenters. The third-order valence-electron chi connectivity index (χ3n) is 6.10. The summed E-state index contributed by atoms with van der Waals surface area (Å²) in [6, 6.07) is 7.62. The molecule has 0 N–H and O–H groups in total. The van der Waals surface area contributed by atoms with Crippen molar-refractivity contribution in [3.05, 3.63) is 29.8 Å². The van der Waals surface area contributed by atoms with E-state index in [1.807, 2.05) is 29.2 Å². The molecule has 0 radical (unpaired) electrons. The van der Waals surface area contributed by atoms with E-state index in [0.717, 1.165) is 24.2 Å². The summed E-state index contributed by atoms with van der Waals surface area (Å²) in [4.78, 5) is 19.1. The Labute approximate surface area is 177 Å². The average Bonchev–Trinajstić information content (AvgIpc) is 3.15. The van der Waals surface area contributed by atoms with E-state index in [0.29, 0.717) is 24.1 Å². The highest BCUT2D eigenvalue weighted by Crippen LogP contribution is 2.39. The molecular formula is C21H28N2O4S2. The van der Waals surface area contributed by atoms with Gasteiger partial charge < -0.3 is 9.64 Å². The number of nitrogens with zero attached hydrogens (tertiary/aromatic N) is 2. The van der Waals surface area contributed by atoms with Crippen LogP contribution in [-0.4, -0.2) is 54.3 Å². The Kier molecular flexibility index (Phi) is 6.20. The van der Waals surface area contributed by atoms with Crippen molar-refractivity contribution in [1.29, 1.82) is 0 Å². The number of thioether (sulfide) groups is 1. The van der Waals surface area contributed by atoms with E-state index in [-0.39, 0.29) is 28.7 Å². The number of carbonyl (C=O) groups excluding carboxylic acids is 1. The standard InChI is InChI=1S/C21H28N2O4S2/c1-27-17-9-7-16(8-10-17)12-23-18-13-29(25,26)14-19(18)28-21(23)22-20(24)11-15-5-3-2-4-6-15/h7-10,15,18-19H,2-6,11-14H2,1H3/t18-,19+/m0/s1. The number of rotatable bonds is 5. The summed E-state index contributed by atoms with van der Waals surface area (Å²) in [5, 5.41) is 0.644. The molecule has 1 aromatic rings. The van der Waals surface area contributed by atoms with Crippen molar-refractivity contribution in [3.8, 4) is 5.75 Å². The fourth-order valence-corrected chi connectivity index (χ4v) is 8.51. The van der Waals surface area contributed by atoms with Gasteiger partial charge >= 0.3 is 0 Å². The zero-order chi connectivity index (χ0) is 20.4. The third-order valence-corrected chi connectivity index (χ3v) is 9.34. The highest BCUT2D eigenvalue weighted by Gasteiger charge is 2.48. The van der Waals surface area contributed by atoms with Crippen molar-refractivity contribution in [2.24, 2.45) is 10.9 Å². The van der Waals surface area contributed by atoms with E-state index in [2.05, 4.69) is 4.99 Å². The molecule has 2 saturated heterocycles. The highest BCUT2D eigenvalue weighted by atomic mass is 32.2. The van der Waals surface area contributed by atoms with Gasteiger partial charge in [0.1, 0.15) is 5.75 Å². The number of benzene rings is 1. The van der Waals surface area contributed by atoms with E-state index in [1.54, 1.807) is 7.11 Å². The second-order valence-corrected chi connectivity index (χ2v) is 11.6. The first kappa shape index (κ1) is 20.7. The average molecular weight is 437 g/mol. The van der Waals surface area contributed by atoms with E-state index in [1.165, 1.54) is 31.0 Å². The Morgan fingerprint density at radius 1 is 1.17 bits per heavy atom. The molecule has 1 saturated carbocycles. The molecule has 3 fully saturated rings. The number of hydrogen-bond acceptors (Lipinski definition) is 5. The maximum absolute atomic E-state index is 12.6. The normalized spacial score (nSPS) is 27.9. The smallest absolute Gasteiger partial charge is 0.248 e. The summed E-state index contributed by atoms with van der Waals surface area (Å²) < 4.78 is 29.5. The summed E-state index contributed by atoms with van der Waals surface area (Å²) in [6.07, 6.45) is 6.41. The monoisotopic (exact) mass is 436 g/mol. The van der Waals surface area contributed by atoms with Crippen molar-refractivity contribution < 1.29 is 17.9 Å². The van der Waals surface area contributed by atoms with Gasteiger partial charge in [-0.2, -0.15) is 4.99 Å².